The second-order valence-electron chi connectivity index (χ2n) is 4.93. The van der Waals surface area contributed by atoms with Gasteiger partial charge in [-0.25, -0.2) is 0 Å². The first-order chi connectivity index (χ1) is 7.79. The number of rotatable bonds is 4. The van der Waals surface area contributed by atoms with Crippen LogP contribution in [0.2, 0.25) is 0 Å². The maximum absolute atomic E-state index is 11.8. The van der Waals surface area contributed by atoms with Gasteiger partial charge >= 0.3 is 0 Å². The van der Waals surface area contributed by atoms with Crippen molar-refractivity contribution in [3.63, 3.8) is 0 Å². The molecule has 1 aromatic rings. The van der Waals surface area contributed by atoms with Crippen LogP contribution in [-0.2, 0) is 11.2 Å². The van der Waals surface area contributed by atoms with Gasteiger partial charge < -0.3 is 4.42 Å². The predicted molar refractivity (Wildman–Crippen MR) is 63.2 cm³/mol. The van der Waals surface area contributed by atoms with Gasteiger partial charge in [-0.1, -0.05) is 19.8 Å². The molecule has 0 N–H and O–H groups in total. The summed E-state index contributed by atoms with van der Waals surface area (Å²) in [6.45, 7) is 2.22. The van der Waals surface area contributed by atoms with Crippen molar-refractivity contribution in [1.82, 2.24) is 0 Å². The topological polar surface area (TPSA) is 30.2 Å². The zero-order valence-electron chi connectivity index (χ0n) is 9.95. The van der Waals surface area contributed by atoms with Gasteiger partial charge in [0, 0.05) is 12.3 Å². The highest BCUT2D eigenvalue weighted by molar-refractivity contribution is 5.82. The van der Waals surface area contributed by atoms with Crippen molar-refractivity contribution in [3.05, 3.63) is 24.2 Å². The van der Waals surface area contributed by atoms with Gasteiger partial charge in [-0.2, -0.15) is 0 Å². The van der Waals surface area contributed by atoms with Gasteiger partial charge in [0.1, 0.15) is 5.78 Å². The number of furan rings is 1. The lowest BCUT2D eigenvalue weighted by Gasteiger charge is -2.27. The Morgan fingerprint density at radius 2 is 2.38 bits per heavy atom. The monoisotopic (exact) mass is 220 g/mol. The van der Waals surface area contributed by atoms with E-state index in [1.807, 2.05) is 6.07 Å². The molecule has 2 heteroatoms. The molecule has 0 amide bonds. The van der Waals surface area contributed by atoms with E-state index < -0.39 is 0 Å². The number of hydrogen-bond donors (Lipinski definition) is 0. The fraction of sp³-hybridized carbons (Fsp3) is 0.643. The number of carbonyl (C=O) groups is 1. The summed E-state index contributed by atoms with van der Waals surface area (Å²) in [4.78, 5) is 11.8. The van der Waals surface area contributed by atoms with Crippen LogP contribution in [0.1, 0.15) is 44.6 Å². The molecule has 88 valence electrons. The Balaban J connectivity index is 1.93. The zero-order chi connectivity index (χ0) is 11.4. The Morgan fingerprint density at radius 1 is 1.50 bits per heavy atom. The third kappa shape index (κ3) is 2.75. The van der Waals surface area contributed by atoms with Crippen molar-refractivity contribution in [3.8, 4) is 0 Å². The number of ketones is 1. The van der Waals surface area contributed by atoms with Crippen LogP contribution in [0.4, 0.5) is 0 Å². The van der Waals surface area contributed by atoms with E-state index in [9.17, 15) is 4.79 Å². The largest absolute Gasteiger partial charge is 0.472 e. The summed E-state index contributed by atoms with van der Waals surface area (Å²) in [5.41, 5.74) is 1.16. The second kappa shape index (κ2) is 5.33. The average molecular weight is 220 g/mol. The van der Waals surface area contributed by atoms with E-state index in [2.05, 4.69) is 6.92 Å². The predicted octanol–water partition coefficient (Wildman–Crippen LogP) is 3.61. The average Bonchev–Trinajstić information content (AvgIpc) is 2.76. The standard InChI is InChI=1S/C14H20O2/c1-2-3-11-4-5-14(15)13(8-11)9-12-6-7-16-10-12/h6-7,10-11,13H,2-5,8-9H2,1H3. The highest BCUT2D eigenvalue weighted by Gasteiger charge is 2.28. The van der Waals surface area contributed by atoms with Gasteiger partial charge in [-0.3, -0.25) is 4.79 Å². The Morgan fingerprint density at radius 3 is 3.06 bits per heavy atom. The van der Waals surface area contributed by atoms with Crippen molar-refractivity contribution < 1.29 is 9.21 Å². The minimum absolute atomic E-state index is 0.239. The molecule has 16 heavy (non-hydrogen) atoms. The van der Waals surface area contributed by atoms with Crippen LogP contribution >= 0.6 is 0 Å². The van der Waals surface area contributed by atoms with E-state index in [1.54, 1.807) is 12.5 Å². The molecule has 2 unspecified atom stereocenters. The molecule has 1 heterocycles. The third-order valence-corrected chi connectivity index (χ3v) is 3.63. The van der Waals surface area contributed by atoms with E-state index in [1.165, 1.54) is 12.8 Å². The zero-order valence-corrected chi connectivity index (χ0v) is 9.95. The molecule has 1 aliphatic carbocycles. The van der Waals surface area contributed by atoms with Crippen LogP contribution < -0.4 is 0 Å². The van der Waals surface area contributed by atoms with Crippen molar-refractivity contribution in [2.75, 3.05) is 0 Å². The van der Waals surface area contributed by atoms with Crippen molar-refractivity contribution >= 4 is 5.78 Å². The smallest absolute Gasteiger partial charge is 0.136 e. The summed E-state index contributed by atoms with van der Waals surface area (Å²) >= 11 is 0. The summed E-state index contributed by atoms with van der Waals surface area (Å²) in [5, 5.41) is 0. The summed E-state index contributed by atoms with van der Waals surface area (Å²) in [6.07, 6.45) is 9.80. The maximum Gasteiger partial charge on any atom is 0.136 e. The molecule has 0 radical (unpaired) electrons. The fourth-order valence-corrected chi connectivity index (χ4v) is 2.76. The van der Waals surface area contributed by atoms with Crippen molar-refractivity contribution in [2.45, 2.75) is 45.4 Å². The number of carbonyl (C=O) groups excluding carboxylic acids is 1. The summed E-state index contributed by atoms with van der Waals surface area (Å²) in [5.74, 6) is 1.45. The van der Waals surface area contributed by atoms with Crippen LogP contribution in [0, 0.1) is 11.8 Å². The molecule has 0 aromatic carbocycles. The normalized spacial score (nSPS) is 25.9. The Kier molecular flexibility index (Phi) is 3.81. The molecule has 2 atom stereocenters. The molecular formula is C14H20O2. The fourth-order valence-electron chi connectivity index (χ4n) is 2.76. The molecule has 1 aliphatic rings. The summed E-state index contributed by atoms with van der Waals surface area (Å²) in [6, 6.07) is 1.97. The Bertz CT molecular complexity index is 327. The Hall–Kier alpha value is -1.05. The molecule has 0 spiro atoms. The molecule has 1 aromatic heterocycles. The van der Waals surface area contributed by atoms with Crippen LogP contribution in [-0.4, -0.2) is 5.78 Å². The van der Waals surface area contributed by atoms with Crippen LogP contribution in [0.3, 0.4) is 0 Å². The maximum atomic E-state index is 11.8. The van der Waals surface area contributed by atoms with Gasteiger partial charge in [-0.05, 0) is 36.8 Å². The lowest BCUT2D eigenvalue weighted by Crippen LogP contribution is -2.26. The van der Waals surface area contributed by atoms with Crippen molar-refractivity contribution in [2.24, 2.45) is 11.8 Å². The molecule has 0 aliphatic heterocycles. The SMILES string of the molecule is CCCC1CCC(=O)C(Cc2ccoc2)C1. The lowest BCUT2D eigenvalue weighted by atomic mass is 9.76. The molecule has 0 bridgehead atoms. The first-order valence-corrected chi connectivity index (χ1v) is 6.33. The molecular weight excluding hydrogens is 200 g/mol. The summed E-state index contributed by atoms with van der Waals surface area (Å²) in [7, 11) is 0. The molecule has 0 saturated heterocycles. The minimum atomic E-state index is 0.239. The number of hydrogen-bond acceptors (Lipinski definition) is 2. The first kappa shape index (κ1) is 11.4. The van der Waals surface area contributed by atoms with E-state index >= 15 is 0 Å². The molecule has 2 rings (SSSR count). The van der Waals surface area contributed by atoms with Crippen molar-refractivity contribution in [1.29, 1.82) is 0 Å². The lowest BCUT2D eigenvalue weighted by molar-refractivity contribution is -0.125. The molecule has 1 fully saturated rings. The van der Waals surface area contributed by atoms with Crippen LogP contribution in [0.5, 0.6) is 0 Å². The van der Waals surface area contributed by atoms with Gasteiger partial charge in [0.25, 0.3) is 0 Å². The number of Topliss-reactive ketones (excluding diaryl/α,β-unsaturated/α-hetero) is 1. The quantitative estimate of drug-likeness (QED) is 0.776. The highest BCUT2D eigenvalue weighted by atomic mass is 16.3. The Labute approximate surface area is 97.0 Å². The van der Waals surface area contributed by atoms with Gasteiger partial charge in [-0.15, -0.1) is 0 Å². The van der Waals surface area contributed by atoms with Crippen LogP contribution in [0.15, 0.2) is 23.0 Å². The molecule has 2 nitrogen and oxygen atoms in total. The van der Waals surface area contributed by atoms with Gasteiger partial charge in [0.2, 0.25) is 0 Å². The van der Waals surface area contributed by atoms with Gasteiger partial charge in [0.05, 0.1) is 12.5 Å². The van der Waals surface area contributed by atoms with E-state index in [4.69, 9.17) is 4.42 Å². The van der Waals surface area contributed by atoms with E-state index in [0.29, 0.717) is 5.78 Å². The minimum Gasteiger partial charge on any atom is -0.472 e. The highest BCUT2D eigenvalue weighted by Crippen LogP contribution is 2.31. The third-order valence-electron chi connectivity index (χ3n) is 3.63. The van der Waals surface area contributed by atoms with Crippen LogP contribution in [0.25, 0.3) is 0 Å². The summed E-state index contributed by atoms with van der Waals surface area (Å²) < 4.78 is 5.05. The first-order valence-electron chi connectivity index (χ1n) is 6.33. The van der Waals surface area contributed by atoms with E-state index in [0.717, 1.165) is 37.2 Å². The van der Waals surface area contributed by atoms with Gasteiger partial charge in [0.15, 0.2) is 0 Å². The molecule has 1 saturated carbocycles. The van der Waals surface area contributed by atoms with E-state index in [-0.39, 0.29) is 5.92 Å². The second-order valence-corrected chi connectivity index (χ2v) is 4.93.